The zero-order valence-electron chi connectivity index (χ0n) is 18.1. The molecule has 0 saturated carbocycles. The quantitative estimate of drug-likeness (QED) is 0.632. The monoisotopic (exact) mass is 473 g/mol. The molecule has 2 heterocycles. The van der Waals surface area contributed by atoms with Gasteiger partial charge in [-0.1, -0.05) is 12.1 Å². The second-order valence-corrected chi connectivity index (χ2v) is 11.7. The Bertz CT molecular complexity index is 1130. The first-order valence-electron chi connectivity index (χ1n) is 10.8. The number of hydrogen-bond donors (Lipinski definition) is 1. The third-order valence-electron chi connectivity index (χ3n) is 6.18. The van der Waals surface area contributed by atoms with Crippen molar-refractivity contribution in [2.24, 2.45) is 0 Å². The number of sulfone groups is 1. The molecule has 2 aliphatic rings. The van der Waals surface area contributed by atoms with Crippen molar-refractivity contribution < 1.29 is 17.9 Å². The molecule has 9 heteroatoms. The van der Waals surface area contributed by atoms with Crippen LogP contribution < -0.4 is 10.1 Å². The minimum absolute atomic E-state index is 0.102. The van der Waals surface area contributed by atoms with E-state index >= 15 is 0 Å². The topological polar surface area (TPSA) is 99.5 Å². The standard InChI is InChI=1S/C23H27N3O4S2/c1-30-18-7-5-16(6-8-18)14-26(17-10-12-32(28,29)15-17)11-9-22(27)25-23-20(13-24)19-3-2-4-21(19)31-23/h5-8,17H,2-4,9-12,14-15H2,1H3,(H,25,27). The normalized spacial score (nSPS) is 19.0. The minimum atomic E-state index is -3.03. The summed E-state index contributed by atoms with van der Waals surface area (Å²) >= 11 is 1.51. The first-order valence-corrected chi connectivity index (χ1v) is 13.4. The van der Waals surface area contributed by atoms with Crippen LogP contribution in [0.1, 0.15) is 40.8 Å². The van der Waals surface area contributed by atoms with Gasteiger partial charge in [0, 0.05) is 30.4 Å². The Balaban J connectivity index is 1.42. The number of hydrogen-bond acceptors (Lipinski definition) is 7. The van der Waals surface area contributed by atoms with Crippen LogP contribution in [0.5, 0.6) is 5.75 Å². The summed E-state index contributed by atoms with van der Waals surface area (Å²) in [6.45, 7) is 1.01. The van der Waals surface area contributed by atoms with Crippen LogP contribution in [-0.4, -0.2) is 50.4 Å². The van der Waals surface area contributed by atoms with Crippen LogP contribution >= 0.6 is 11.3 Å². The molecule has 1 fully saturated rings. The maximum Gasteiger partial charge on any atom is 0.226 e. The van der Waals surface area contributed by atoms with Crippen LogP contribution in [0.4, 0.5) is 5.00 Å². The van der Waals surface area contributed by atoms with Gasteiger partial charge in [0.2, 0.25) is 5.91 Å². The molecule has 1 N–H and O–H groups in total. The van der Waals surface area contributed by atoms with E-state index in [1.807, 2.05) is 24.3 Å². The Morgan fingerprint density at radius 1 is 1.31 bits per heavy atom. The number of carbonyl (C=O) groups is 1. The molecule has 0 bridgehead atoms. The Labute approximate surface area is 192 Å². The lowest BCUT2D eigenvalue weighted by atomic mass is 10.1. The molecule has 1 aromatic carbocycles. The smallest absolute Gasteiger partial charge is 0.226 e. The van der Waals surface area contributed by atoms with Crippen molar-refractivity contribution in [1.82, 2.24) is 4.90 Å². The summed E-state index contributed by atoms with van der Waals surface area (Å²) in [5.74, 6) is 0.928. The van der Waals surface area contributed by atoms with E-state index in [0.29, 0.717) is 30.1 Å². The van der Waals surface area contributed by atoms with Crippen LogP contribution in [-0.2, 0) is 34.0 Å². The van der Waals surface area contributed by atoms with Gasteiger partial charge in [0.25, 0.3) is 0 Å². The number of rotatable bonds is 8. The Morgan fingerprint density at radius 2 is 2.09 bits per heavy atom. The molecular formula is C23H27N3O4S2. The zero-order chi connectivity index (χ0) is 22.7. The second-order valence-electron chi connectivity index (χ2n) is 8.35. The Hall–Kier alpha value is -2.41. The molecule has 7 nitrogen and oxygen atoms in total. The number of nitrogens with one attached hydrogen (secondary N) is 1. The predicted molar refractivity (Wildman–Crippen MR) is 125 cm³/mol. The summed E-state index contributed by atoms with van der Waals surface area (Å²) in [6.07, 6.45) is 3.75. The Morgan fingerprint density at radius 3 is 2.75 bits per heavy atom. The van der Waals surface area contributed by atoms with E-state index in [2.05, 4.69) is 16.3 Å². The number of fused-ring (bicyclic) bond motifs is 1. The fourth-order valence-corrected chi connectivity index (χ4v) is 7.48. The lowest BCUT2D eigenvalue weighted by Crippen LogP contribution is -2.37. The number of nitrogens with zero attached hydrogens (tertiary/aromatic N) is 2. The summed E-state index contributed by atoms with van der Waals surface area (Å²) in [4.78, 5) is 16.0. The molecule has 1 amide bonds. The van der Waals surface area contributed by atoms with Crippen molar-refractivity contribution in [3.8, 4) is 11.8 Å². The van der Waals surface area contributed by atoms with E-state index in [1.54, 1.807) is 7.11 Å². The largest absolute Gasteiger partial charge is 0.497 e. The summed E-state index contributed by atoms with van der Waals surface area (Å²) in [7, 11) is -1.42. The summed E-state index contributed by atoms with van der Waals surface area (Å²) < 4.78 is 29.3. The van der Waals surface area contributed by atoms with Crippen molar-refractivity contribution in [2.45, 2.75) is 44.7 Å². The zero-order valence-corrected chi connectivity index (χ0v) is 19.7. The molecular weight excluding hydrogens is 446 g/mol. The molecule has 1 unspecified atom stereocenters. The molecule has 1 saturated heterocycles. The fourth-order valence-electron chi connectivity index (χ4n) is 4.46. The van der Waals surface area contributed by atoms with E-state index in [4.69, 9.17) is 4.74 Å². The van der Waals surface area contributed by atoms with Gasteiger partial charge < -0.3 is 10.1 Å². The first-order chi connectivity index (χ1) is 15.4. The maximum atomic E-state index is 12.7. The molecule has 2 aromatic rings. The number of thiophene rings is 1. The lowest BCUT2D eigenvalue weighted by Gasteiger charge is -2.28. The van der Waals surface area contributed by atoms with Crippen molar-refractivity contribution in [3.63, 3.8) is 0 Å². The molecule has 1 aliphatic carbocycles. The van der Waals surface area contributed by atoms with Gasteiger partial charge in [-0.3, -0.25) is 9.69 Å². The van der Waals surface area contributed by atoms with Gasteiger partial charge in [-0.25, -0.2) is 8.42 Å². The maximum absolute atomic E-state index is 12.7. The van der Waals surface area contributed by atoms with Crippen molar-refractivity contribution in [1.29, 1.82) is 5.26 Å². The number of benzene rings is 1. The van der Waals surface area contributed by atoms with Gasteiger partial charge in [0.05, 0.1) is 24.2 Å². The highest BCUT2D eigenvalue weighted by atomic mass is 32.2. The first kappa shape index (κ1) is 22.8. The van der Waals surface area contributed by atoms with Crippen molar-refractivity contribution >= 4 is 32.1 Å². The van der Waals surface area contributed by atoms with Gasteiger partial charge in [-0.15, -0.1) is 11.3 Å². The minimum Gasteiger partial charge on any atom is -0.497 e. The average Bonchev–Trinajstić information content (AvgIpc) is 3.45. The lowest BCUT2D eigenvalue weighted by molar-refractivity contribution is -0.116. The number of ether oxygens (including phenoxy) is 1. The van der Waals surface area contributed by atoms with E-state index in [1.165, 1.54) is 16.2 Å². The van der Waals surface area contributed by atoms with Gasteiger partial charge >= 0.3 is 0 Å². The molecule has 0 radical (unpaired) electrons. The van der Waals surface area contributed by atoms with Gasteiger partial charge in [-0.05, 0) is 48.9 Å². The van der Waals surface area contributed by atoms with Crippen LogP contribution in [0.2, 0.25) is 0 Å². The van der Waals surface area contributed by atoms with Crippen molar-refractivity contribution in [3.05, 3.63) is 45.8 Å². The number of anilines is 1. The van der Waals surface area contributed by atoms with Crippen LogP contribution in [0, 0.1) is 11.3 Å². The van der Waals surface area contributed by atoms with Crippen molar-refractivity contribution in [2.75, 3.05) is 30.5 Å². The van der Waals surface area contributed by atoms with E-state index in [0.717, 1.165) is 36.1 Å². The summed E-state index contributed by atoms with van der Waals surface area (Å²) in [5, 5.41) is 13.1. The number of carbonyl (C=O) groups excluding carboxylic acids is 1. The molecule has 170 valence electrons. The van der Waals surface area contributed by atoms with Gasteiger partial charge in [0.1, 0.15) is 16.8 Å². The third-order valence-corrected chi connectivity index (χ3v) is 9.14. The molecule has 4 rings (SSSR count). The highest BCUT2D eigenvalue weighted by Gasteiger charge is 2.32. The Kier molecular flexibility index (Phi) is 6.84. The number of amides is 1. The fraction of sp³-hybridized carbons (Fsp3) is 0.478. The summed E-state index contributed by atoms with van der Waals surface area (Å²) in [5.41, 5.74) is 2.73. The molecule has 1 aliphatic heterocycles. The number of nitriles is 1. The van der Waals surface area contributed by atoms with Crippen LogP contribution in [0.15, 0.2) is 24.3 Å². The second kappa shape index (κ2) is 9.61. The number of aryl methyl sites for hydroxylation is 1. The van der Waals surface area contributed by atoms with E-state index in [-0.39, 0.29) is 29.9 Å². The predicted octanol–water partition coefficient (Wildman–Crippen LogP) is 3.13. The highest BCUT2D eigenvalue weighted by Crippen LogP contribution is 2.38. The molecule has 1 aromatic heterocycles. The van der Waals surface area contributed by atoms with Crippen LogP contribution in [0.3, 0.4) is 0 Å². The van der Waals surface area contributed by atoms with Gasteiger partial charge in [0.15, 0.2) is 9.84 Å². The van der Waals surface area contributed by atoms with Crippen LogP contribution in [0.25, 0.3) is 0 Å². The van der Waals surface area contributed by atoms with Gasteiger partial charge in [-0.2, -0.15) is 5.26 Å². The highest BCUT2D eigenvalue weighted by molar-refractivity contribution is 7.91. The SMILES string of the molecule is COc1ccc(CN(CCC(=O)Nc2sc3c(c2C#N)CCC3)C2CCS(=O)(=O)C2)cc1. The molecule has 0 spiro atoms. The van der Waals surface area contributed by atoms with E-state index < -0.39 is 9.84 Å². The van der Waals surface area contributed by atoms with E-state index in [9.17, 15) is 18.5 Å². The average molecular weight is 474 g/mol. The molecule has 32 heavy (non-hydrogen) atoms. The number of methoxy groups -OCH3 is 1. The molecule has 1 atom stereocenters. The summed E-state index contributed by atoms with van der Waals surface area (Å²) in [6, 6.07) is 9.83. The third kappa shape index (κ3) is 5.14.